The third-order valence-electron chi connectivity index (χ3n) is 2.89. The highest BCUT2D eigenvalue weighted by Crippen LogP contribution is 2.24. The van der Waals surface area contributed by atoms with E-state index in [1.165, 1.54) is 0 Å². The van der Waals surface area contributed by atoms with E-state index in [1.807, 2.05) is 30.3 Å². The number of carbonyl (C=O) groups excluding carboxylic acids is 1. The van der Waals surface area contributed by atoms with Gasteiger partial charge < -0.3 is 33.9 Å². The molecule has 0 radical (unpaired) electrons. The SMILES string of the molecule is Cl.Cl.Cn1cc[n+](CC(=O)Nc2cc(N)ccc2NCCO)c1.[Cl-]. The van der Waals surface area contributed by atoms with Gasteiger partial charge in [-0.3, -0.25) is 4.79 Å². The molecule has 1 amide bonds. The van der Waals surface area contributed by atoms with Crippen LogP contribution >= 0.6 is 24.8 Å². The van der Waals surface area contributed by atoms with Gasteiger partial charge in [0, 0.05) is 12.2 Å². The lowest BCUT2D eigenvalue weighted by atomic mass is 10.2. The maximum Gasteiger partial charge on any atom is 0.266 e. The fraction of sp³-hybridized carbons (Fsp3) is 0.286. The number of nitrogens with one attached hydrogen (secondary N) is 2. The minimum atomic E-state index is -0.149. The second-order valence-electron chi connectivity index (χ2n) is 4.75. The number of hydrogen-bond acceptors (Lipinski definition) is 4. The van der Waals surface area contributed by atoms with E-state index in [0.717, 1.165) is 5.69 Å². The van der Waals surface area contributed by atoms with Crippen molar-refractivity contribution in [2.75, 3.05) is 29.5 Å². The van der Waals surface area contributed by atoms with Gasteiger partial charge in [-0.05, 0) is 18.2 Å². The highest BCUT2D eigenvalue weighted by atomic mass is 35.5. The number of aryl methyl sites for hydroxylation is 1. The minimum Gasteiger partial charge on any atom is -1.00 e. The molecule has 0 saturated heterocycles. The predicted molar refractivity (Wildman–Crippen MR) is 95.2 cm³/mol. The molecule has 2 rings (SSSR count). The lowest BCUT2D eigenvalue weighted by molar-refractivity contribution is -0.683. The molecule has 0 bridgehead atoms. The van der Waals surface area contributed by atoms with E-state index in [2.05, 4.69) is 10.6 Å². The number of nitrogen functional groups attached to an aromatic ring is 1. The molecule has 1 heterocycles. The summed E-state index contributed by atoms with van der Waals surface area (Å²) in [6.07, 6.45) is 5.51. The average molecular weight is 399 g/mol. The molecule has 0 aliphatic heterocycles. The second kappa shape index (κ2) is 11.8. The first-order chi connectivity index (χ1) is 10.1. The van der Waals surface area contributed by atoms with E-state index in [-0.39, 0.29) is 56.3 Å². The van der Waals surface area contributed by atoms with Crippen LogP contribution in [0.1, 0.15) is 0 Å². The highest BCUT2D eigenvalue weighted by Gasteiger charge is 2.11. The van der Waals surface area contributed by atoms with Crippen LogP contribution in [0.5, 0.6) is 0 Å². The number of anilines is 3. The molecule has 5 N–H and O–H groups in total. The average Bonchev–Trinajstić information content (AvgIpc) is 2.83. The molecule has 0 fully saturated rings. The Morgan fingerprint density at radius 2 is 2.04 bits per heavy atom. The van der Waals surface area contributed by atoms with E-state index < -0.39 is 0 Å². The van der Waals surface area contributed by atoms with E-state index in [1.54, 1.807) is 22.8 Å². The van der Waals surface area contributed by atoms with E-state index >= 15 is 0 Å². The first-order valence-corrected chi connectivity index (χ1v) is 6.63. The Morgan fingerprint density at radius 3 is 2.62 bits per heavy atom. The van der Waals surface area contributed by atoms with Gasteiger partial charge in [0.2, 0.25) is 6.33 Å². The molecule has 10 heteroatoms. The Labute approximate surface area is 159 Å². The number of benzene rings is 1. The van der Waals surface area contributed by atoms with Crippen LogP contribution in [0.3, 0.4) is 0 Å². The monoisotopic (exact) mass is 397 g/mol. The highest BCUT2D eigenvalue weighted by molar-refractivity contribution is 5.94. The van der Waals surface area contributed by atoms with Gasteiger partial charge >= 0.3 is 0 Å². The number of hydrogen-bond donors (Lipinski definition) is 4. The number of aliphatic hydroxyl groups is 1. The lowest BCUT2D eigenvalue weighted by Crippen LogP contribution is -3.00. The molecule has 0 unspecified atom stereocenters. The summed E-state index contributed by atoms with van der Waals surface area (Å²) in [6.45, 7) is 0.632. The summed E-state index contributed by atoms with van der Waals surface area (Å²) < 4.78 is 3.64. The molecular formula is C14H22Cl3N5O2. The van der Waals surface area contributed by atoms with Crippen LogP contribution in [-0.4, -0.2) is 28.7 Å². The molecule has 1 aromatic heterocycles. The van der Waals surface area contributed by atoms with Gasteiger partial charge in [0.25, 0.3) is 5.91 Å². The first-order valence-electron chi connectivity index (χ1n) is 6.63. The Hall–Kier alpha value is -1.67. The quantitative estimate of drug-likeness (QED) is 0.328. The number of imidazole rings is 1. The van der Waals surface area contributed by atoms with Crippen LogP contribution in [0.15, 0.2) is 36.9 Å². The van der Waals surface area contributed by atoms with E-state index in [9.17, 15) is 4.79 Å². The molecule has 24 heavy (non-hydrogen) atoms. The van der Waals surface area contributed by atoms with Crippen molar-refractivity contribution in [2.24, 2.45) is 7.05 Å². The van der Waals surface area contributed by atoms with Gasteiger partial charge in [-0.25, -0.2) is 9.13 Å². The van der Waals surface area contributed by atoms with Gasteiger partial charge in [-0.1, -0.05) is 0 Å². The minimum absolute atomic E-state index is 0. The number of aliphatic hydroxyl groups excluding tert-OH is 1. The molecule has 1 aromatic carbocycles. The topological polar surface area (TPSA) is 96.2 Å². The fourth-order valence-electron chi connectivity index (χ4n) is 1.96. The third kappa shape index (κ3) is 7.27. The van der Waals surface area contributed by atoms with Gasteiger partial charge in [0.15, 0.2) is 6.54 Å². The zero-order valence-corrected chi connectivity index (χ0v) is 15.5. The Kier molecular flexibility index (Phi) is 12.1. The van der Waals surface area contributed by atoms with Crippen molar-refractivity contribution >= 4 is 47.8 Å². The molecular weight excluding hydrogens is 377 g/mol. The Morgan fingerprint density at radius 1 is 1.33 bits per heavy atom. The van der Waals surface area contributed by atoms with Crippen LogP contribution in [-0.2, 0) is 18.4 Å². The molecule has 0 aliphatic rings. The number of aromatic nitrogens is 2. The molecule has 0 atom stereocenters. The van der Waals surface area contributed by atoms with Crippen LogP contribution < -0.4 is 33.3 Å². The normalized spacial score (nSPS) is 9.08. The molecule has 7 nitrogen and oxygen atoms in total. The van der Waals surface area contributed by atoms with E-state index in [0.29, 0.717) is 17.9 Å². The molecule has 0 aliphatic carbocycles. The van der Waals surface area contributed by atoms with Gasteiger partial charge in [0.05, 0.1) is 25.0 Å². The van der Waals surface area contributed by atoms with Gasteiger partial charge in [-0.2, -0.15) is 0 Å². The van der Waals surface area contributed by atoms with Crippen molar-refractivity contribution in [3.05, 3.63) is 36.9 Å². The number of rotatable bonds is 6. The summed E-state index contributed by atoms with van der Waals surface area (Å²) in [5.74, 6) is -0.149. The summed E-state index contributed by atoms with van der Waals surface area (Å²) in [6, 6.07) is 5.20. The Balaban J connectivity index is 0. The molecule has 0 saturated carbocycles. The lowest BCUT2D eigenvalue weighted by Gasteiger charge is -2.12. The number of nitrogens with two attached hydrogens (primary N) is 1. The van der Waals surface area contributed by atoms with Crippen molar-refractivity contribution in [1.82, 2.24) is 4.57 Å². The number of nitrogens with zero attached hydrogens (tertiary/aromatic N) is 2. The maximum atomic E-state index is 12.1. The molecule has 136 valence electrons. The summed E-state index contributed by atoms with van der Waals surface area (Å²) in [5.41, 5.74) is 7.64. The van der Waals surface area contributed by atoms with Crippen molar-refractivity contribution in [1.29, 1.82) is 0 Å². The van der Waals surface area contributed by atoms with E-state index in [4.69, 9.17) is 10.8 Å². The largest absolute Gasteiger partial charge is 1.00 e. The Bertz CT molecular complexity index is 637. The number of carbonyl (C=O) groups is 1. The zero-order valence-electron chi connectivity index (χ0n) is 13.1. The van der Waals surface area contributed by atoms with Crippen molar-refractivity contribution < 1.29 is 26.9 Å². The first kappa shape index (κ1) is 24.6. The van der Waals surface area contributed by atoms with Crippen molar-refractivity contribution in [2.45, 2.75) is 6.54 Å². The fourth-order valence-corrected chi connectivity index (χ4v) is 1.96. The van der Waals surface area contributed by atoms with Gasteiger partial charge in [-0.15, -0.1) is 24.8 Å². The number of halogens is 3. The standard InChI is InChI=1S/C14H19N5O2.3ClH/c1-18-5-6-19(10-18)9-14(21)17-13-8-11(15)2-3-12(13)16-4-7-20;;;/h2-3,5-6,8,10,16,20H,4,7,9,15H2,1H3;3*1H. The summed E-state index contributed by atoms with van der Waals surface area (Å²) in [7, 11) is 1.89. The third-order valence-corrected chi connectivity index (χ3v) is 2.89. The van der Waals surface area contributed by atoms with Crippen LogP contribution in [0, 0.1) is 0 Å². The van der Waals surface area contributed by atoms with Crippen LogP contribution in [0.4, 0.5) is 17.1 Å². The smallest absolute Gasteiger partial charge is 0.266 e. The number of amides is 1. The van der Waals surface area contributed by atoms with Crippen molar-refractivity contribution in [3.8, 4) is 0 Å². The summed E-state index contributed by atoms with van der Waals surface area (Å²) in [5, 5.41) is 14.7. The summed E-state index contributed by atoms with van der Waals surface area (Å²) in [4.78, 5) is 12.1. The molecule has 2 aromatic rings. The molecule has 0 spiro atoms. The second-order valence-corrected chi connectivity index (χ2v) is 4.75. The predicted octanol–water partition coefficient (Wildman–Crippen LogP) is -2.21. The van der Waals surface area contributed by atoms with Crippen molar-refractivity contribution in [3.63, 3.8) is 0 Å². The van der Waals surface area contributed by atoms with Crippen LogP contribution in [0.25, 0.3) is 0 Å². The summed E-state index contributed by atoms with van der Waals surface area (Å²) >= 11 is 0. The maximum absolute atomic E-state index is 12.1. The van der Waals surface area contributed by atoms with Gasteiger partial charge in [0.1, 0.15) is 12.4 Å². The van der Waals surface area contributed by atoms with Crippen LogP contribution in [0.2, 0.25) is 0 Å². The zero-order chi connectivity index (χ0) is 15.2.